The molecule has 1 atom stereocenters. The maximum absolute atomic E-state index is 11.4. The molecular weight excluding hydrogens is 222 g/mol. The zero-order valence-corrected chi connectivity index (χ0v) is 10.3. The molecule has 0 aromatic heterocycles. The van der Waals surface area contributed by atoms with Gasteiger partial charge in [-0.15, -0.1) is 6.58 Å². The van der Waals surface area contributed by atoms with E-state index < -0.39 is 12.1 Å². The average molecular weight is 241 g/mol. The van der Waals surface area contributed by atoms with Crippen LogP contribution in [-0.4, -0.2) is 37.7 Å². The molecule has 0 spiro atoms. The second kappa shape index (κ2) is 8.52. The van der Waals surface area contributed by atoms with Gasteiger partial charge in [-0.05, 0) is 13.8 Å². The lowest BCUT2D eigenvalue weighted by molar-refractivity contribution is -0.140. The molecule has 0 aromatic carbocycles. The van der Waals surface area contributed by atoms with E-state index in [1.54, 1.807) is 19.9 Å². The molecule has 5 heteroatoms. The number of esters is 1. The summed E-state index contributed by atoms with van der Waals surface area (Å²) in [6.45, 7) is 10.8. The fourth-order valence-corrected chi connectivity index (χ4v) is 0.873. The smallest absolute Gasteiger partial charge is 0.333 e. The molecule has 5 nitrogen and oxygen atoms in total. The molecule has 0 aliphatic rings. The molecule has 1 N–H and O–H groups in total. The molecule has 0 radical (unpaired) electrons. The molecule has 0 fully saturated rings. The highest BCUT2D eigenvalue weighted by molar-refractivity contribution is 5.87. The van der Waals surface area contributed by atoms with E-state index >= 15 is 0 Å². The SMILES string of the molecule is C=CCOC(C)C(=O)NCCOC(=O)C(=C)C. The van der Waals surface area contributed by atoms with Gasteiger partial charge in [0.15, 0.2) is 0 Å². The number of hydrogen-bond acceptors (Lipinski definition) is 4. The Labute approximate surface area is 101 Å². The van der Waals surface area contributed by atoms with Gasteiger partial charge in [-0.1, -0.05) is 12.7 Å². The molecule has 0 saturated heterocycles. The zero-order chi connectivity index (χ0) is 13.3. The van der Waals surface area contributed by atoms with Gasteiger partial charge in [-0.3, -0.25) is 4.79 Å². The largest absolute Gasteiger partial charge is 0.460 e. The van der Waals surface area contributed by atoms with Gasteiger partial charge < -0.3 is 14.8 Å². The monoisotopic (exact) mass is 241 g/mol. The zero-order valence-electron chi connectivity index (χ0n) is 10.3. The first kappa shape index (κ1) is 15.4. The van der Waals surface area contributed by atoms with Gasteiger partial charge in [0.2, 0.25) is 5.91 Å². The van der Waals surface area contributed by atoms with Crippen LogP contribution in [0.25, 0.3) is 0 Å². The molecule has 0 aliphatic carbocycles. The predicted octanol–water partition coefficient (Wildman–Crippen LogP) is 0.813. The fourth-order valence-electron chi connectivity index (χ4n) is 0.873. The van der Waals surface area contributed by atoms with E-state index in [-0.39, 0.29) is 19.1 Å². The lowest BCUT2D eigenvalue weighted by Crippen LogP contribution is -2.36. The molecular formula is C12H19NO4. The van der Waals surface area contributed by atoms with Crippen LogP contribution in [0.15, 0.2) is 24.8 Å². The standard InChI is InChI=1S/C12H19NO4/c1-5-7-16-10(4)11(14)13-6-8-17-12(15)9(2)3/h5,10H,1-2,6-8H2,3-4H3,(H,13,14). The van der Waals surface area contributed by atoms with Crippen LogP contribution in [0, 0.1) is 0 Å². The highest BCUT2D eigenvalue weighted by Gasteiger charge is 2.11. The number of ether oxygens (including phenoxy) is 2. The third kappa shape index (κ3) is 7.30. The van der Waals surface area contributed by atoms with Crippen molar-refractivity contribution in [2.75, 3.05) is 19.8 Å². The summed E-state index contributed by atoms with van der Waals surface area (Å²) in [5, 5.41) is 2.58. The highest BCUT2D eigenvalue weighted by Crippen LogP contribution is 1.92. The molecule has 96 valence electrons. The van der Waals surface area contributed by atoms with Crippen molar-refractivity contribution in [2.45, 2.75) is 20.0 Å². The van der Waals surface area contributed by atoms with Crippen molar-refractivity contribution in [3.8, 4) is 0 Å². The first-order valence-electron chi connectivity index (χ1n) is 5.32. The van der Waals surface area contributed by atoms with E-state index in [0.717, 1.165) is 0 Å². The van der Waals surface area contributed by atoms with Gasteiger partial charge in [-0.2, -0.15) is 0 Å². The summed E-state index contributed by atoms with van der Waals surface area (Å²) in [6, 6.07) is 0. The first-order valence-corrected chi connectivity index (χ1v) is 5.32. The second-order valence-corrected chi connectivity index (χ2v) is 3.47. The normalized spacial score (nSPS) is 11.4. The summed E-state index contributed by atoms with van der Waals surface area (Å²) in [5.74, 6) is -0.714. The van der Waals surface area contributed by atoms with Crippen LogP contribution in [0.5, 0.6) is 0 Å². The average Bonchev–Trinajstić information content (AvgIpc) is 2.30. The van der Waals surface area contributed by atoms with Gasteiger partial charge >= 0.3 is 5.97 Å². The number of nitrogens with one attached hydrogen (secondary N) is 1. The van der Waals surface area contributed by atoms with E-state index in [1.807, 2.05) is 0 Å². The molecule has 0 aliphatic heterocycles. The van der Waals surface area contributed by atoms with E-state index in [2.05, 4.69) is 18.5 Å². The number of carbonyl (C=O) groups excluding carboxylic acids is 2. The van der Waals surface area contributed by atoms with Crippen LogP contribution in [0.1, 0.15) is 13.8 Å². The minimum Gasteiger partial charge on any atom is -0.460 e. The van der Waals surface area contributed by atoms with E-state index in [9.17, 15) is 9.59 Å². The third-order valence-electron chi connectivity index (χ3n) is 1.82. The Morgan fingerprint density at radius 3 is 2.65 bits per heavy atom. The van der Waals surface area contributed by atoms with Crippen molar-refractivity contribution in [1.82, 2.24) is 5.32 Å². The van der Waals surface area contributed by atoms with Crippen molar-refractivity contribution in [3.05, 3.63) is 24.8 Å². The minimum absolute atomic E-state index is 0.117. The molecule has 0 bridgehead atoms. The van der Waals surface area contributed by atoms with Gasteiger partial charge in [0.25, 0.3) is 0 Å². The van der Waals surface area contributed by atoms with E-state index in [4.69, 9.17) is 9.47 Å². The van der Waals surface area contributed by atoms with Crippen molar-refractivity contribution in [2.24, 2.45) is 0 Å². The summed E-state index contributed by atoms with van der Waals surface area (Å²) in [7, 11) is 0. The number of amides is 1. The van der Waals surface area contributed by atoms with Crippen molar-refractivity contribution < 1.29 is 19.1 Å². The van der Waals surface area contributed by atoms with Gasteiger partial charge in [0.05, 0.1) is 13.2 Å². The Morgan fingerprint density at radius 1 is 1.47 bits per heavy atom. The van der Waals surface area contributed by atoms with Crippen molar-refractivity contribution in [1.29, 1.82) is 0 Å². The topological polar surface area (TPSA) is 64.6 Å². The van der Waals surface area contributed by atoms with Crippen LogP contribution in [-0.2, 0) is 19.1 Å². The van der Waals surface area contributed by atoms with Crippen LogP contribution in [0.4, 0.5) is 0 Å². The molecule has 17 heavy (non-hydrogen) atoms. The second-order valence-electron chi connectivity index (χ2n) is 3.47. The number of rotatable bonds is 8. The van der Waals surface area contributed by atoms with E-state index in [0.29, 0.717) is 12.2 Å². The number of hydrogen-bond donors (Lipinski definition) is 1. The third-order valence-corrected chi connectivity index (χ3v) is 1.82. The molecule has 1 amide bonds. The first-order chi connectivity index (χ1) is 7.99. The lowest BCUT2D eigenvalue weighted by atomic mass is 10.3. The van der Waals surface area contributed by atoms with Crippen LogP contribution in [0.2, 0.25) is 0 Å². The maximum Gasteiger partial charge on any atom is 0.333 e. The van der Waals surface area contributed by atoms with Crippen LogP contribution < -0.4 is 5.32 Å². The highest BCUT2D eigenvalue weighted by atomic mass is 16.5. The molecule has 1 unspecified atom stereocenters. The Hall–Kier alpha value is -1.62. The van der Waals surface area contributed by atoms with Gasteiger partial charge in [-0.25, -0.2) is 4.79 Å². The Balaban J connectivity index is 3.67. The summed E-state index contributed by atoms with van der Waals surface area (Å²) < 4.78 is 9.92. The molecule has 0 aromatic rings. The summed E-state index contributed by atoms with van der Waals surface area (Å²) >= 11 is 0. The fraction of sp³-hybridized carbons (Fsp3) is 0.500. The van der Waals surface area contributed by atoms with Crippen LogP contribution >= 0.6 is 0 Å². The minimum atomic E-state index is -0.551. The Bertz CT molecular complexity index is 299. The predicted molar refractivity (Wildman–Crippen MR) is 64.4 cm³/mol. The maximum atomic E-state index is 11.4. The molecule has 0 rings (SSSR count). The van der Waals surface area contributed by atoms with Gasteiger partial charge in [0.1, 0.15) is 12.7 Å². The lowest BCUT2D eigenvalue weighted by Gasteiger charge is -2.12. The molecule has 0 saturated carbocycles. The summed E-state index contributed by atoms with van der Waals surface area (Å²) in [6.07, 6.45) is 1.02. The Kier molecular flexibility index (Phi) is 7.71. The Morgan fingerprint density at radius 2 is 2.12 bits per heavy atom. The quantitative estimate of drug-likeness (QED) is 0.296. The van der Waals surface area contributed by atoms with E-state index in [1.165, 1.54) is 0 Å². The summed E-state index contributed by atoms with van der Waals surface area (Å²) in [4.78, 5) is 22.4. The van der Waals surface area contributed by atoms with Crippen molar-refractivity contribution in [3.63, 3.8) is 0 Å². The number of carbonyl (C=O) groups is 2. The van der Waals surface area contributed by atoms with Gasteiger partial charge in [0, 0.05) is 5.57 Å². The molecule has 0 heterocycles. The summed E-state index contributed by atoms with van der Waals surface area (Å²) in [5.41, 5.74) is 0.332. The van der Waals surface area contributed by atoms with Crippen LogP contribution in [0.3, 0.4) is 0 Å². The van der Waals surface area contributed by atoms with Crippen molar-refractivity contribution >= 4 is 11.9 Å².